The Morgan fingerprint density at radius 1 is 1.47 bits per heavy atom. The maximum atomic E-state index is 12.2. The molecule has 1 unspecified atom stereocenters. The van der Waals surface area contributed by atoms with Gasteiger partial charge in [-0.2, -0.15) is 0 Å². The molecule has 4 nitrogen and oxygen atoms in total. The van der Waals surface area contributed by atoms with Crippen LogP contribution in [0.5, 0.6) is 0 Å². The van der Waals surface area contributed by atoms with Crippen molar-refractivity contribution in [2.45, 2.75) is 25.5 Å². The van der Waals surface area contributed by atoms with Gasteiger partial charge in [-0.3, -0.25) is 4.79 Å². The zero-order valence-corrected chi connectivity index (χ0v) is 11.1. The molecule has 0 spiro atoms. The quantitative estimate of drug-likeness (QED) is 0.918. The summed E-state index contributed by atoms with van der Waals surface area (Å²) in [6, 6.07) is 8.14. The molecule has 1 aliphatic rings. The second-order valence-electron chi connectivity index (χ2n) is 5.06. The average molecular weight is 258 g/mol. The second-order valence-corrected chi connectivity index (χ2v) is 5.06. The fourth-order valence-corrected chi connectivity index (χ4v) is 2.61. The number of aromatic nitrogens is 1. The van der Waals surface area contributed by atoms with Crippen molar-refractivity contribution in [2.24, 2.45) is 0 Å². The van der Waals surface area contributed by atoms with Crippen molar-refractivity contribution >= 4 is 16.8 Å². The van der Waals surface area contributed by atoms with Crippen LogP contribution in [0.4, 0.5) is 0 Å². The van der Waals surface area contributed by atoms with E-state index in [1.165, 1.54) is 5.39 Å². The Labute approximate surface area is 112 Å². The Morgan fingerprint density at radius 3 is 3.11 bits per heavy atom. The number of H-pyrrole nitrogens is 1. The first-order chi connectivity index (χ1) is 9.25. The van der Waals surface area contributed by atoms with Crippen LogP contribution in [0.25, 0.3) is 10.9 Å². The van der Waals surface area contributed by atoms with Crippen LogP contribution in [-0.4, -0.2) is 35.5 Å². The second kappa shape index (κ2) is 5.05. The summed E-state index contributed by atoms with van der Waals surface area (Å²) >= 11 is 0. The van der Waals surface area contributed by atoms with Gasteiger partial charge in [0.2, 0.25) is 0 Å². The lowest BCUT2D eigenvalue weighted by molar-refractivity contribution is -0.140. The first kappa shape index (κ1) is 12.2. The van der Waals surface area contributed by atoms with Crippen LogP contribution in [-0.2, 0) is 16.1 Å². The third-order valence-corrected chi connectivity index (χ3v) is 3.66. The van der Waals surface area contributed by atoms with E-state index in [9.17, 15) is 4.79 Å². The molecule has 19 heavy (non-hydrogen) atoms. The summed E-state index contributed by atoms with van der Waals surface area (Å²) in [5.74, 6) is 0.0859. The Morgan fingerprint density at radius 2 is 2.32 bits per heavy atom. The molecule has 1 N–H and O–H groups in total. The Kier molecular flexibility index (Phi) is 3.25. The van der Waals surface area contributed by atoms with E-state index in [-0.39, 0.29) is 12.0 Å². The normalized spacial score (nSPS) is 18.9. The van der Waals surface area contributed by atoms with Crippen molar-refractivity contribution in [3.8, 4) is 0 Å². The fraction of sp³-hybridized carbons (Fsp3) is 0.400. The van der Waals surface area contributed by atoms with Crippen molar-refractivity contribution in [1.29, 1.82) is 0 Å². The van der Waals surface area contributed by atoms with Crippen molar-refractivity contribution in [2.75, 3.05) is 13.7 Å². The van der Waals surface area contributed by atoms with E-state index in [4.69, 9.17) is 4.74 Å². The molecule has 100 valence electrons. The monoisotopic (exact) mass is 258 g/mol. The van der Waals surface area contributed by atoms with Gasteiger partial charge in [-0.1, -0.05) is 18.2 Å². The maximum Gasteiger partial charge on any atom is 0.251 e. The topological polar surface area (TPSA) is 45.3 Å². The van der Waals surface area contributed by atoms with E-state index in [0.29, 0.717) is 13.2 Å². The Balaban J connectivity index is 1.75. The standard InChI is InChI=1S/C15H18N2O2/c1-17(15(18)14-7-4-8-19-14)10-11-9-16-13-6-3-2-5-12(11)13/h2-3,5-6,9,14,16H,4,7-8,10H2,1H3. The van der Waals surface area contributed by atoms with Crippen LogP contribution >= 0.6 is 0 Å². The molecule has 1 aromatic heterocycles. The summed E-state index contributed by atoms with van der Waals surface area (Å²) in [5.41, 5.74) is 2.25. The number of benzene rings is 1. The molecule has 2 aromatic rings. The summed E-state index contributed by atoms with van der Waals surface area (Å²) < 4.78 is 5.44. The van der Waals surface area contributed by atoms with Gasteiger partial charge < -0.3 is 14.6 Å². The highest BCUT2D eigenvalue weighted by atomic mass is 16.5. The third kappa shape index (κ3) is 2.36. The smallest absolute Gasteiger partial charge is 0.251 e. The van der Waals surface area contributed by atoms with Gasteiger partial charge in [0.1, 0.15) is 6.10 Å². The largest absolute Gasteiger partial charge is 0.368 e. The summed E-state index contributed by atoms with van der Waals surface area (Å²) in [4.78, 5) is 17.2. The fourth-order valence-electron chi connectivity index (χ4n) is 2.61. The van der Waals surface area contributed by atoms with E-state index in [1.54, 1.807) is 4.90 Å². The number of fused-ring (bicyclic) bond motifs is 1. The summed E-state index contributed by atoms with van der Waals surface area (Å²) in [6.07, 6.45) is 3.56. The van der Waals surface area contributed by atoms with Crippen molar-refractivity contribution in [3.05, 3.63) is 36.0 Å². The lowest BCUT2D eigenvalue weighted by Crippen LogP contribution is -2.35. The molecule has 1 amide bonds. The number of carbonyl (C=O) groups is 1. The molecule has 1 atom stereocenters. The summed E-state index contributed by atoms with van der Waals surface area (Å²) in [6.45, 7) is 1.32. The molecular weight excluding hydrogens is 240 g/mol. The number of aromatic amines is 1. The molecule has 1 aliphatic heterocycles. The molecule has 0 aliphatic carbocycles. The summed E-state index contributed by atoms with van der Waals surface area (Å²) in [5, 5.41) is 1.18. The molecule has 3 rings (SSSR count). The maximum absolute atomic E-state index is 12.2. The highest BCUT2D eigenvalue weighted by Gasteiger charge is 2.26. The lowest BCUT2D eigenvalue weighted by Gasteiger charge is -2.20. The zero-order valence-electron chi connectivity index (χ0n) is 11.1. The predicted molar refractivity (Wildman–Crippen MR) is 73.7 cm³/mol. The van der Waals surface area contributed by atoms with Crippen molar-refractivity contribution < 1.29 is 9.53 Å². The van der Waals surface area contributed by atoms with Gasteiger partial charge in [-0.05, 0) is 24.5 Å². The minimum absolute atomic E-state index is 0.0859. The molecule has 1 aromatic carbocycles. The number of likely N-dealkylation sites (N-methyl/N-ethyl adjacent to an activating group) is 1. The average Bonchev–Trinajstić information content (AvgIpc) is 3.08. The molecule has 0 bridgehead atoms. The third-order valence-electron chi connectivity index (χ3n) is 3.66. The van der Waals surface area contributed by atoms with Gasteiger partial charge in [0.25, 0.3) is 5.91 Å². The number of hydrogen-bond donors (Lipinski definition) is 1. The number of nitrogens with one attached hydrogen (secondary N) is 1. The molecular formula is C15H18N2O2. The van der Waals surface area contributed by atoms with Crippen LogP contribution in [0.1, 0.15) is 18.4 Å². The number of ether oxygens (including phenoxy) is 1. The van der Waals surface area contributed by atoms with Crippen LogP contribution in [0, 0.1) is 0 Å². The van der Waals surface area contributed by atoms with Crippen LogP contribution in [0.3, 0.4) is 0 Å². The number of rotatable bonds is 3. The van der Waals surface area contributed by atoms with Crippen molar-refractivity contribution in [3.63, 3.8) is 0 Å². The van der Waals surface area contributed by atoms with Gasteiger partial charge in [0.05, 0.1) is 0 Å². The Bertz CT molecular complexity index is 585. The Hall–Kier alpha value is -1.81. The van der Waals surface area contributed by atoms with Gasteiger partial charge in [-0.25, -0.2) is 0 Å². The molecule has 0 radical (unpaired) electrons. The zero-order chi connectivity index (χ0) is 13.2. The van der Waals surface area contributed by atoms with Gasteiger partial charge >= 0.3 is 0 Å². The minimum Gasteiger partial charge on any atom is -0.368 e. The molecule has 0 saturated carbocycles. The van der Waals surface area contributed by atoms with E-state index >= 15 is 0 Å². The molecule has 2 heterocycles. The van der Waals surface area contributed by atoms with Gasteiger partial charge in [-0.15, -0.1) is 0 Å². The first-order valence-corrected chi connectivity index (χ1v) is 6.67. The van der Waals surface area contributed by atoms with E-state index in [2.05, 4.69) is 11.1 Å². The number of amides is 1. The van der Waals surface area contributed by atoms with Crippen molar-refractivity contribution in [1.82, 2.24) is 9.88 Å². The minimum atomic E-state index is -0.241. The van der Waals surface area contributed by atoms with E-state index in [0.717, 1.165) is 23.9 Å². The highest BCUT2D eigenvalue weighted by Crippen LogP contribution is 2.20. The number of hydrogen-bond acceptors (Lipinski definition) is 2. The molecule has 1 fully saturated rings. The molecule has 1 saturated heterocycles. The predicted octanol–water partition coefficient (Wildman–Crippen LogP) is 2.31. The number of nitrogens with zero attached hydrogens (tertiary/aromatic N) is 1. The highest BCUT2D eigenvalue weighted by molar-refractivity contribution is 5.84. The van der Waals surface area contributed by atoms with Gasteiger partial charge in [0.15, 0.2) is 0 Å². The van der Waals surface area contributed by atoms with Crippen LogP contribution < -0.4 is 0 Å². The summed E-state index contributed by atoms with van der Waals surface area (Å²) in [7, 11) is 1.84. The molecule has 4 heteroatoms. The first-order valence-electron chi connectivity index (χ1n) is 6.67. The SMILES string of the molecule is CN(Cc1c[nH]c2ccccc12)C(=O)C1CCCO1. The van der Waals surface area contributed by atoms with Crippen LogP contribution in [0.15, 0.2) is 30.5 Å². The van der Waals surface area contributed by atoms with E-state index < -0.39 is 0 Å². The number of carbonyl (C=O) groups excluding carboxylic acids is 1. The van der Waals surface area contributed by atoms with E-state index in [1.807, 2.05) is 31.4 Å². The lowest BCUT2D eigenvalue weighted by atomic mass is 10.1. The van der Waals surface area contributed by atoms with Crippen LogP contribution in [0.2, 0.25) is 0 Å². The number of para-hydroxylation sites is 1. The van der Waals surface area contributed by atoms with Gasteiger partial charge in [0, 0.05) is 37.3 Å².